The van der Waals surface area contributed by atoms with Crippen molar-refractivity contribution in [3.05, 3.63) is 126 Å². The highest BCUT2D eigenvalue weighted by Gasteiger charge is 2.34. The molecule has 0 radical (unpaired) electrons. The van der Waals surface area contributed by atoms with Gasteiger partial charge < -0.3 is 10.6 Å². The molecule has 5 aromatic rings. The molecule has 0 unspecified atom stereocenters. The van der Waals surface area contributed by atoms with Crippen LogP contribution < -0.4 is 10.6 Å². The van der Waals surface area contributed by atoms with Crippen LogP contribution in [0, 0.1) is 11.3 Å². The van der Waals surface area contributed by atoms with E-state index in [4.69, 9.17) is 5.26 Å². The second-order valence-electron chi connectivity index (χ2n) is 8.79. The number of carbonyl (C=O) groups excluding carboxylic acids is 2. The number of nitrogens with zero attached hydrogens (tertiary/aromatic N) is 2. The van der Waals surface area contributed by atoms with Gasteiger partial charge in [-0.1, -0.05) is 54.6 Å². The lowest BCUT2D eigenvalue weighted by atomic mass is 9.91. The molecule has 1 heterocycles. The Morgan fingerprint density at radius 3 is 2.20 bits per heavy atom. The number of carbonyl (C=O) groups is 2. The number of pyridine rings is 1. The highest BCUT2D eigenvalue weighted by atomic mass is 19.4. The molecule has 0 saturated heterocycles. The van der Waals surface area contributed by atoms with Crippen molar-refractivity contribution in [2.45, 2.75) is 6.18 Å². The number of urea groups is 1. The van der Waals surface area contributed by atoms with E-state index >= 15 is 0 Å². The molecular formula is C31H19F3N4O2. The number of nitrogens with one attached hydrogen (secondary N) is 2. The van der Waals surface area contributed by atoms with Crippen molar-refractivity contribution in [3.63, 3.8) is 0 Å². The molecule has 0 aliphatic rings. The zero-order valence-electron chi connectivity index (χ0n) is 20.7. The third kappa shape index (κ3) is 5.37. The van der Waals surface area contributed by atoms with Crippen LogP contribution in [0.2, 0.25) is 0 Å². The van der Waals surface area contributed by atoms with E-state index in [1.54, 1.807) is 78.9 Å². The number of para-hydroxylation sites is 1. The predicted molar refractivity (Wildman–Crippen MR) is 146 cm³/mol. The maximum atomic E-state index is 13.8. The molecule has 0 bridgehead atoms. The third-order valence-corrected chi connectivity index (χ3v) is 6.16. The molecule has 40 heavy (non-hydrogen) atoms. The molecule has 1 aromatic heterocycles. The summed E-state index contributed by atoms with van der Waals surface area (Å²) in [4.78, 5) is 30.2. The van der Waals surface area contributed by atoms with Gasteiger partial charge in [-0.15, -0.1) is 0 Å². The Morgan fingerprint density at radius 1 is 0.800 bits per heavy atom. The van der Waals surface area contributed by atoms with Gasteiger partial charge in [0.1, 0.15) is 0 Å². The maximum absolute atomic E-state index is 13.8. The summed E-state index contributed by atoms with van der Waals surface area (Å²) in [5.41, 5.74) is 1.21. The Morgan fingerprint density at radius 2 is 1.50 bits per heavy atom. The first-order chi connectivity index (χ1) is 19.2. The zero-order valence-corrected chi connectivity index (χ0v) is 20.7. The van der Waals surface area contributed by atoms with Gasteiger partial charge in [0.2, 0.25) is 0 Å². The molecule has 5 rings (SSSR count). The van der Waals surface area contributed by atoms with Crippen LogP contribution in [0.25, 0.3) is 22.0 Å². The van der Waals surface area contributed by atoms with Crippen molar-refractivity contribution in [1.29, 1.82) is 5.26 Å². The minimum absolute atomic E-state index is 0.122. The normalized spacial score (nSPS) is 11.1. The van der Waals surface area contributed by atoms with E-state index in [-0.39, 0.29) is 22.0 Å². The summed E-state index contributed by atoms with van der Waals surface area (Å²) in [5.74, 6) is -0.403. The Hall–Kier alpha value is -5.49. The zero-order chi connectivity index (χ0) is 28.3. The summed E-state index contributed by atoms with van der Waals surface area (Å²) >= 11 is 0. The van der Waals surface area contributed by atoms with Crippen molar-refractivity contribution in [2.24, 2.45) is 0 Å². The van der Waals surface area contributed by atoms with Gasteiger partial charge in [-0.3, -0.25) is 9.78 Å². The van der Waals surface area contributed by atoms with Gasteiger partial charge in [0.05, 0.1) is 22.7 Å². The SMILES string of the molecule is N#Cc1ccc(NC(=O)Nc2cccc(-c3c(C(=O)c4ccccc4)cnc4c(C(F)(F)F)cccc34)c2)cc1. The number of anilines is 2. The summed E-state index contributed by atoms with van der Waals surface area (Å²) in [6.07, 6.45) is -3.48. The molecule has 6 nitrogen and oxygen atoms in total. The van der Waals surface area contributed by atoms with Crippen molar-refractivity contribution >= 4 is 34.1 Å². The first-order valence-corrected chi connectivity index (χ1v) is 12.0. The van der Waals surface area contributed by atoms with E-state index < -0.39 is 23.6 Å². The van der Waals surface area contributed by atoms with Gasteiger partial charge in [-0.2, -0.15) is 18.4 Å². The maximum Gasteiger partial charge on any atom is 0.418 e. The molecule has 0 fully saturated rings. The van der Waals surface area contributed by atoms with Gasteiger partial charge in [0.15, 0.2) is 5.78 Å². The van der Waals surface area contributed by atoms with Gasteiger partial charge in [-0.05, 0) is 48.0 Å². The van der Waals surface area contributed by atoms with E-state index in [1.165, 1.54) is 18.3 Å². The molecule has 4 aromatic carbocycles. The Kier molecular flexibility index (Phi) is 7.00. The highest BCUT2D eigenvalue weighted by Crippen LogP contribution is 2.39. The van der Waals surface area contributed by atoms with Crippen LogP contribution >= 0.6 is 0 Å². The van der Waals surface area contributed by atoms with Gasteiger partial charge in [0.25, 0.3) is 0 Å². The average molecular weight is 537 g/mol. The van der Waals surface area contributed by atoms with Crippen LogP contribution in [0.4, 0.5) is 29.3 Å². The summed E-state index contributed by atoms with van der Waals surface area (Å²) in [7, 11) is 0. The average Bonchev–Trinajstić information content (AvgIpc) is 2.96. The predicted octanol–water partition coefficient (Wildman–Crippen LogP) is 7.67. The van der Waals surface area contributed by atoms with Crippen LogP contribution in [0.15, 0.2) is 103 Å². The largest absolute Gasteiger partial charge is 0.418 e. The van der Waals surface area contributed by atoms with Gasteiger partial charge in [0, 0.05) is 39.6 Å². The van der Waals surface area contributed by atoms with E-state index in [2.05, 4.69) is 15.6 Å². The number of aromatic nitrogens is 1. The lowest BCUT2D eigenvalue weighted by molar-refractivity contribution is -0.136. The molecule has 0 aliphatic carbocycles. The molecule has 0 saturated carbocycles. The summed E-state index contributed by atoms with van der Waals surface area (Å²) in [6.45, 7) is 0. The van der Waals surface area contributed by atoms with E-state index in [9.17, 15) is 22.8 Å². The van der Waals surface area contributed by atoms with Crippen LogP contribution in [-0.4, -0.2) is 16.8 Å². The first-order valence-electron chi connectivity index (χ1n) is 12.0. The molecule has 9 heteroatoms. The summed E-state index contributed by atoms with van der Waals surface area (Å²) in [6, 6.07) is 26.3. The van der Waals surface area contributed by atoms with Gasteiger partial charge >= 0.3 is 12.2 Å². The lowest BCUT2D eigenvalue weighted by Gasteiger charge is -2.16. The number of alkyl halides is 3. The second kappa shape index (κ2) is 10.7. The lowest BCUT2D eigenvalue weighted by Crippen LogP contribution is -2.19. The number of hydrogen-bond donors (Lipinski definition) is 2. The van der Waals surface area contributed by atoms with Crippen molar-refractivity contribution in [2.75, 3.05) is 10.6 Å². The molecule has 0 aliphatic heterocycles. The quantitative estimate of drug-likeness (QED) is 0.225. The van der Waals surface area contributed by atoms with Crippen molar-refractivity contribution in [1.82, 2.24) is 4.98 Å². The molecule has 2 amide bonds. The Bertz CT molecular complexity index is 1780. The minimum Gasteiger partial charge on any atom is -0.308 e. The van der Waals surface area contributed by atoms with E-state index in [1.807, 2.05) is 6.07 Å². The monoisotopic (exact) mass is 536 g/mol. The number of rotatable bonds is 5. The third-order valence-electron chi connectivity index (χ3n) is 6.16. The number of ketones is 1. The topological polar surface area (TPSA) is 94.9 Å². The fourth-order valence-corrected chi connectivity index (χ4v) is 4.35. The fraction of sp³-hybridized carbons (Fsp3) is 0.0323. The Labute approximate surface area is 226 Å². The number of fused-ring (bicyclic) bond motifs is 1. The minimum atomic E-state index is -4.65. The van der Waals surface area contributed by atoms with E-state index in [0.717, 1.165) is 6.07 Å². The van der Waals surface area contributed by atoms with Gasteiger partial charge in [-0.25, -0.2) is 4.79 Å². The standard InChI is InChI=1S/C31H19F3N4O2/c32-31(33,34)26-11-5-10-24-27(25(18-36-28(24)26)29(39)20-6-2-1-3-7-20)21-8-4-9-23(16-21)38-30(40)37-22-14-12-19(17-35)13-15-22/h1-16,18H,(H2,37,38,40). The van der Waals surface area contributed by atoms with Crippen LogP contribution in [0.5, 0.6) is 0 Å². The number of nitriles is 1. The second-order valence-corrected chi connectivity index (χ2v) is 8.79. The number of hydrogen-bond acceptors (Lipinski definition) is 4. The summed E-state index contributed by atoms with van der Waals surface area (Å²) < 4.78 is 41.5. The molecule has 0 atom stereocenters. The number of benzene rings is 4. The van der Waals surface area contributed by atoms with Crippen molar-refractivity contribution in [3.8, 4) is 17.2 Å². The molecule has 196 valence electrons. The first kappa shape index (κ1) is 26.1. The number of amides is 2. The molecule has 2 N–H and O–H groups in total. The molecular weight excluding hydrogens is 517 g/mol. The number of halogens is 3. The summed E-state index contributed by atoms with van der Waals surface area (Å²) in [5, 5.41) is 14.4. The fourth-order valence-electron chi connectivity index (χ4n) is 4.35. The van der Waals surface area contributed by atoms with Crippen LogP contribution in [-0.2, 0) is 6.18 Å². The van der Waals surface area contributed by atoms with Crippen LogP contribution in [0.1, 0.15) is 27.0 Å². The molecule has 0 spiro atoms. The van der Waals surface area contributed by atoms with Crippen LogP contribution in [0.3, 0.4) is 0 Å². The Balaban J connectivity index is 1.58. The highest BCUT2D eigenvalue weighted by molar-refractivity contribution is 6.17. The smallest absolute Gasteiger partial charge is 0.308 e. The van der Waals surface area contributed by atoms with Crippen molar-refractivity contribution < 1.29 is 22.8 Å². The van der Waals surface area contributed by atoms with E-state index in [0.29, 0.717) is 28.1 Å².